The fourth-order valence-electron chi connectivity index (χ4n) is 1.84. The van der Waals surface area contributed by atoms with Crippen LogP contribution in [-0.2, 0) is 22.7 Å². The maximum absolute atomic E-state index is 10.9. The Morgan fingerprint density at radius 2 is 1.35 bits per heavy atom. The molecule has 23 heavy (non-hydrogen) atoms. The number of Topliss-reactive ketones (excluding diaryl/α,β-unsaturated/α-hetero) is 1. The second kappa shape index (κ2) is 10.3. The number of rotatable bonds is 5. The molecule has 0 unspecified atom stereocenters. The summed E-state index contributed by atoms with van der Waals surface area (Å²) in [6.07, 6.45) is 0. The van der Waals surface area contributed by atoms with Crippen molar-refractivity contribution in [2.24, 2.45) is 0 Å². The van der Waals surface area contributed by atoms with Crippen LogP contribution in [0.1, 0.15) is 34.0 Å². The number of hydrogen-bond donors (Lipinski definition) is 0. The number of nitriles is 1. The number of benzene rings is 2. The third-order valence-electron chi connectivity index (χ3n) is 3.07. The highest BCUT2D eigenvalue weighted by Gasteiger charge is 1.97. The molecule has 0 saturated carbocycles. The van der Waals surface area contributed by atoms with Crippen molar-refractivity contribution in [1.82, 2.24) is 0 Å². The topological polar surface area (TPSA) is 59.3 Å². The normalized spacial score (nSPS) is 9.48. The van der Waals surface area contributed by atoms with Gasteiger partial charge < -0.3 is 9.47 Å². The molecule has 0 bridgehead atoms. The molecule has 0 aliphatic rings. The van der Waals surface area contributed by atoms with Gasteiger partial charge in [0.1, 0.15) is 0 Å². The molecule has 4 heteroatoms. The van der Waals surface area contributed by atoms with E-state index in [0.29, 0.717) is 18.8 Å². The lowest BCUT2D eigenvalue weighted by atomic mass is 10.1. The van der Waals surface area contributed by atoms with Crippen molar-refractivity contribution in [3.8, 4) is 6.07 Å². The molecule has 2 rings (SSSR count). The molecule has 0 aromatic heterocycles. The summed E-state index contributed by atoms with van der Waals surface area (Å²) in [7, 11) is 3.30. The van der Waals surface area contributed by atoms with Gasteiger partial charge in [0, 0.05) is 19.8 Å². The van der Waals surface area contributed by atoms with Gasteiger partial charge in [0.25, 0.3) is 0 Å². The first-order valence-electron chi connectivity index (χ1n) is 7.17. The summed E-state index contributed by atoms with van der Waals surface area (Å²) >= 11 is 0. The van der Waals surface area contributed by atoms with E-state index in [4.69, 9.17) is 14.7 Å². The Kier molecular flexibility index (Phi) is 8.30. The van der Waals surface area contributed by atoms with Crippen molar-refractivity contribution in [2.75, 3.05) is 14.2 Å². The van der Waals surface area contributed by atoms with Crippen LogP contribution < -0.4 is 0 Å². The summed E-state index contributed by atoms with van der Waals surface area (Å²) in [5, 5.41) is 8.48. The molecule has 0 saturated heterocycles. The van der Waals surface area contributed by atoms with Crippen LogP contribution in [0.3, 0.4) is 0 Å². The summed E-state index contributed by atoms with van der Waals surface area (Å²) in [6.45, 7) is 2.76. The Bertz CT molecular complexity index is 640. The lowest BCUT2D eigenvalue weighted by Crippen LogP contribution is -1.93. The van der Waals surface area contributed by atoms with Gasteiger partial charge in [0.05, 0.1) is 24.8 Å². The molecule has 0 radical (unpaired) electrons. The minimum atomic E-state index is 0.0963. The van der Waals surface area contributed by atoms with Crippen LogP contribution in [0, 0.1) is 11.3 Å². The number of carbonyl (C=O) groups excluding carboxylic acids is 1. The molecule has 0 N–H and O–H groups in total. The first kappa shape index (κ1) is 18.6. The third kappa shape index (κ3) is 6.88. The average Bonchev–Trinajstić information content (AvgIpc) is 2.57. The second-order valence-corrected chi connectivity index (χ2v) is 4.93. The van der Waals surface area contributed by atoms with Crippen LogP contribution in [0.25, 0.3) is 0 Å². The van der Waals surface area contributed by atoms with E-state index in [2.05, 4.69) is 6.07 Å². The molecule has 2 aromatic rings. The van der Waals surface area contributed by atoms with Crippen LogP contribution in [0.4, 0.5) is 0 Å². The highest BCUT2D eigenvalue weighted by Crippen LogP contribution is 2.05. The molecule has 0 spiro atoms. The number of carbonyl (C=O) groups is 1. The first-order valence-corrected chi connectivity index (χ1v) is 7.17. The molecule has 0 atom stereocenters. The standard InChI is InChI=1S/C10H12O2.C9H9NO/c1-8(11)10-5-3-9(4-6-10)7-12-2;1-11-7-9-4-2-8(6-10)3-5-9/h3-6H,7H2,1-2H3;2-5H,7H2,1H3. The minimum absolute atomic E-state index is 0.0963. The minimum Gasteiger partial charge on any atom is -0.380 e. The SMILES string of the molecule is COCc1ccc(C#N)cc1.COCc1ccc(C(C)=O)cc1. The van der Waals surface area contributed by atoms with Crippen LogP contribution in [-0.4, -0.2) is 20.0 Å². The van der Waals surface area contributed by atoms with E-state index in [9.17, 15) is 4.79 Å². The number of ether oxygens (including phenoxy) is 2. The van der Waals surface area contributed by atoms with Crippen LogP contribution in [0.2, 0.25) is 0 Å². The lowest BCUT2D eigenvalue weighted by Gasteiger charge is -1.99. The monoisotopic (exact) mass is 311 g/mol. The van der Waals surface area contributed by atoms with Crippen molar-refractivity contribution in [2.45, 2.75) is 20.1 Å². The maximum atomic E-state index is 10.9. The molecule has 120 valence electrons. The van der Waals surface area contributed by atoms with E-state index >= 15 is 0 Å². The second-order valence-electron chi connectivity index (χ2n) is 4.93. The van der Waals surface area contributed by atoms with Gasteiger partial charge in [-0.3, -0.25) is 4.79 Å². The van der Waals surface area contributed by atoms with Gasteiger partial charge in [-0.15, -0.1) is 0 Å². The van der Waals surface area contributed by atoms with E-state index in [0.717, 1.165) is 16.7 Å². The summed E-state index contributed by atoms with van der Waals surface area (Å²) in [5.74, 6) is 0.0963. The van der Waals surface area contributed by atoms with Gasteiger partial charge >= 0.3 is 0 Å². The Morgan fingerprint density at radius 1 is 0.913 bits per heavy atom. The fourth-order valence-corrected chi connectivity index (χ4v) is 1.84. The quantitative estimate of drug-likeness (QED) is 0.789. The fraction of sp³-hybridized carbons (Fsp3) is 0.263. The van der Waals surface area contributed by atoms with Gasteiger partial charge in [-0.25, -0.2) is 0 Å². The zero-order chi connectivity index (χ0) is 17.1. The summed E-state index contributed by atoms with van der Waals surface area (Å²) < 4.78 is 9.86. The van der Waals surface area contributed by atoms with Crippen LogP contribution in [0.15, 0.2) is 48.5 Å². The molecule has 0 aliphatic carbocycles. The van der Waals surface area contributed by atoms with Crippen molar-refractivity contribution < 1.29 is 14.3 Å². The van der Waals surface area contributed by atoms with Gasteiger partial charge in [0.2, 0.25) is 0 Å². The van der Waals surface area contributed by atoms with E-state index in [1.807, 2.05) is 36.4 Å². The smallest absolute Gasteiger partial charge is 0.159 e. The summed E-state index contributed by atoms with van der Waals surface area (Å²) in [5.41, 5.74) is 3.61. The number of nitrogens with zero attached hydrogens (tertiary/aromatic N) is 1. The molecule has 0 fully saturated rings. The van der Waals surface area contributed by atoms with E-state index in [1.165, 1.54) is 0 Å². The van der Waals surface area contributed by atoms with Gasteiger partial charge in [0.15, 0.2) is 5.78 Å². The molecule has 4 nitrogen and oxygen atoms in total. The number of hydrogen-bond acceptors (Lipinski definition) is 4. The van der Waals surface area contributed by atoms with Crippen LogP contribution in [0.5, 0.6) is 0 Å². The van der Waals surface area contributed by atoms with Crippen molar-refractivity contribution in [3.05, 3.63) is 70.8 Å². The van der Waals surface area contributed by atoms with Crippen LogP contribution >= 0.6 is 0 Å². The predicted octanol–water partition coefficient (Wildman–Crippen LogP) is 3.74. The largest absolute Gasteiger partial charge is 0.380 e. The first-order chi connectivity index (χ1) is 11.1. The Balaban J connectivity index is 0.000000231. The Morgan fingerprint density at radius 3 is 1.70 bits per heavy atom. The zero-order valence-corrected chi connectivity index (χ0v) is 13.7. The molecule has 0 aliphatic heterocycles. The predicted molar refractivity (Wildman–Crippen MR) is 89.0 cm³/mol. The summed E-state index contributed by atoms with van der Waals surface area (Å²) in [4.78, 5) is 10.9. The third-order valence-corrected chi connectivity index (χ3v) is 3.07. The highest BCUT2D eigenvalue weighted by molar-refractivity contribution is 5.93. The van der Waals surface area contributed by atoms with Crippen molar-refractivity contribution >= 4 is 5.78 Å². The molecular formula is C19H21NO3. The Hall–Kier alpha value is -2.48. The van der Waals surface area contributed by atoms with Crippen molar-refractivity contribution in [1.29, 1.82) is 5.26 Å². The van der Waals surface area contributed by atoms with Gasteiger partial charge in [-0.2, -0.15) is 5.26 Å². The van der Waals surface area contributed by atoms with E-state index < -0.39 is 0 Å². The molecular weight excluding hydrogens is 290 g/mol. The van der Waals surface area contributed by atoms with E-state index in [1.54, 1.807) is 33.3 Å². The van der Waals surface area contributed by atoms with Crippen molar-refractivity contribution in [3.63, 3.8) is 0 Å². The molecule has 0 heterocycles. The molecule has 2 aromatic carbocycles. The Labute approximate surface area is 137 Å². The van der Waals surface area contributed by atoms with E-state index in [-0.39, 0.29) is 5.78 Å². The van der Waals surface area contributed by atoms with Gasteiger partial charge in [-0.05, 0) is 30.2 Å². The number of ketones is 1. The zero-order valence-electron chi connectivity index (χ0n) is 13.7. The molecule has 0 amide bonds. The maximum Gasteiger partial charge on any atom is 0.159 e. The number of methoxy groups -OCH3 is 2. The highest BCUT2D eigenvalue weighted by atomic mass is 16.5. The van der Waals surface area contributed by atoms with Gasteiger partial charge in [-0.1, -0.05) is 36.4 Å². The average molecular weight is 311 g/mol. The summed E-state index contributed by atoms with van der Waals surface area (Å²) in [6, 6.07) is 16.8. The lowest BCUT2D eigenvalue weighted by molar-refractivity contribution is 0.101.